The lowest BCUT2D eigenvalue weighted by molar-refractivity contribution is 0.156. The number of rotatable bonds is 3. The van der Waals surface area contributed by atoms with Gasteiger partial charge in [-0.25, -0.2) is 8.78 Å². The zero-order chi connectivity index (χ0) is 14.8. The van der Waals surface area contributed by atoms with Gasteiger partial charge in [-0.1, -0.05) is 18.2 Å². The molecule has 0 aromatic heterocycles. The van der Waals surface area contributed by atoms with Crippen molar-refractivity contribution in [3.05, 3.63) is 64.7 Å². The van der Waals surface area contributed by atoms with Gasteiger partial charge < -0.3 is 9.84 Å². The zero-order valence-electron chi connectivity index (χ0n) is 11.5. The Morgan fingerprint density at radius 1 is 1.19 bits per heavy atom. The van der Waals surface area contributed by atoms with Gasteiger partial charge in [0.15, 0.2) is 11.6 Å². The summed E-state index contributed by atoms with van der Waals surface area (Å²) in [6.07, 6.45) is 2.20. The fraction of sp³-hybridized carbons (Fsp3) is 0.294. The minimum absolute atomic E-state index is 0.0432. The number of fused-ring (bicyclic) bond motifs is 1. The van der Waals surface area contributed by atoms with Crippen molar-refractivity contribution >= 4 is 0 Å². The molecule has 110 valence electrons. The van der Waals surface area contributed by atoms with E-state index in [-0.39, 0.29) is 12.2 Å². The maximum absolute atomic E-state index is 13.5. The summed E-state index contributed by atoms with van der Waals surface area (Å²) < 4.78 is 32.2. The molecule has 0 saturated heterocycles. The lowest BCUT2D eigenvalue weighted by Crippen LogP contribution is -2.09. The van der Waals surface area contributed by atoms with Gasteiger partial charge in [-0.2, -0.15) is 0 Å². The minimum Gasteiger partial charge on any atom is -0.489 e. The first-order valence-corrected chi connectivity index (χ1v) is 7.02. The van der Waals surface area contributed by atoms with E-state index in [0.717, 1.165) is 36.5 Å². The first-order chi connectivity index (χ1) is 10.1. The average Bonchev–Trinajstić information content (AvgIpc) is 2.49. The van der Waals surface area contributed by atoms with Gasteiger partial charge >= 0.3 is 0 Å². The summed E-state index contributed by atoms with van der Waals surface area (Å²) in [7, 11) is 0. The van der Waals surface area contributed by atoms with Crippen LogP contribution in [-0.2, 0) is 13.0 Å². The third-order valence-corrected chi connectivity index (χ3v) is 3.83. The Hall–Kier alpha value is -1.94. The Morgan fingerprint density at radius 2 is 2.05 bits per heavy atom. The van der Waals surface area contributed by atoms with E-state index < -0.39 is 17.7 Å². The van der Waals surface area contributed by atoms with Crippen LogP contribution < -0.4 is 4.74 Å². The van der Waals surface area contributed by atoms with E-state index in [9.17, 15) is 13.9 Å². The molecule has 0 unspecified atom stereocenters. The Bertz CT molecular complexity index is 655. The molecule has 21 heavy (non-hydrogen) atoms. The smallest absolute Gasteiger partial charge is 0.165 e. The van der Waals surface area contributed by atoms with Gasteiger partial charge in [0.25, 0.3) is 0 Å². The van der Waals surface area contributed by atoms with Crippen LogP contribution in [0, 0.1) is 11.6 Å². The molecule has 1 aliphatic rings. The molecule has 0 spiro atoms. The highest BCUT2D eigenvalue weighted by molar-refractivity contribution is 5.38. The summed E-state index contributed by atoms with van der Waals surface area (Å²) in [6.45, 7) is -0.0432. The van der Waals surface area contributed by atoms with Crippen LogP contribution in [0.2, 0.25) is 0 Å². The van der Waals surface area contributed by atoms with Gasteiger partial charge in [0.05, 0.1) is 6.10 Å². The Morgan fingerprint density at radius 3 is 2.90 bits per heavy atom. The van der Waals surface area contributed by atoms with Crippen LogP contribution in [0.1, 0.15) is 35.6 Å². The lowest BCUT2D eigenvalue weighted by Gasteiger charge is -2.22. The highest BCUT2D eigenvalue weighted by Gasteiger charge is 2.18. The highest BCUT2D eigenvalue weighted by Crippen LogP contribution is 2.32. The molecule has 0 radical (unpaired) electrons. The molecule has 2 aromatic carbocycles. The Kier molecular flexibility index (Phi) is 3.88. The Balaban J connectivity index is 1.77. The van der Waals surface area contributed by atoms with E-state index in [4.69, 9.17) is 4.74 Å². The molecule has 0 bridgehead atoms. The van der Waals surface area contributed by atoms with Gasteiger partial charge in [-0.15, -0.1) is 0 Å². The van der Waals surface area contributed by atoms with Crippen LogP contribution in [0.4, 0.5) is 8.78 Å². The van der Waals surface area contributed by atoms with Crippen molar-refractivity contribution in [1.82, 2.24) is 0 Å². The second kappa shape index (κ2) is 5.82. The quantitative estimate of drug-likeness (QED) is 0.928. The summed E-state index contributed by atoms with van der Waals surface area (Å²) in [5.74, 6) is -1.20. The second-order valence-electron chi connectivity index (χ2n) is 5.27. The maximum atomic E-state index is 13.5. The van der Waals surface area contributed by atoms with Crippen molar-refractivity contribution in [2.75, 3.05) is 0 Å². The van der Waals surface area contributed by atoms with Crippen LogP contribution in [0.15, 0.2) is 36.4 Å². The van der Waals surface area contributed by atoms with Gasteiger partial charge in [0, 0.05) is 5.56 Å². The first-order valence-electron chi connectivity index (χ1n) is 7.02. The molecule has 2 nitrogen and oxygen atoms in total. The van der Waals surface area contributed by atoms with Crippen LogP contribution >= 0.6 is 0 Å². The third kappa shape index (κ3) is 2.90. The monoisotopic (exact) mass is 290 g/mol. The van der Waals surface area contributed by atoms with E-state index >= 15 is 0 Å². The minimum atomic E-state index is -0.879. The third-order valence-electron chi connectivity index (χ3n) is 3.83. The number of aliphatic hydroxyl groups is 1. The van der Waals surface area contributed by atoms with Crippen LogP contribution in [0.5, 0.6) is 5.75 Å². The molecular formula is C17H16F2O2. The SMILES string of the molecule is O[C@H]1CCCc2ccc(OCc3cccc(F)c3F)cc21. The highest BCUT2D eigenvalue weighted by atomic mass is 19.2. The fourth-order valence-corrected chi connectivity index (χ4v) is 2.66. The molecule has 3 rings (SSSR count). The molecule has 4 heteroatoms. The van der Waals surface area contributed by atoms with Gasteiger partial charge in [-0.05, 0) is 48.6 Å². The van der Waals surface area contributed by atoms with E-state index in [1.54, 1.807) is 12.1 Å². The summed E-state index contributed by atoms with van der Waals surface area (Å²) in [5, 5.41) is 9.99. The first kappa shape index (κ1) is 14.0. The van der Waals surface area contributed by atoms with Crippen molar-refractivity contribution in [3.8, 4) is 5.75 Å². The number of aliphatic hydroxyl groups excluding tert-OH is 1. The zero-order valence-corrected chi connectivity index (χ0v) is 11.5. The molecule has 1 N–H and O–H groups in total. The molecule has 1 atom stereocenters. The normalized spacial score (nSPS) is 17.4. The molecule has 0 aliphatic heterocycles. The van der Waals surface area contributed by atoms with Crippen LogP contribution in [0.25, 0.3) is 0 Å². The fourth-order valence-electron chi connectivity index (χ4n) is 2.66. The summed E-state index contributed by atoms with van der Waals surface area (Å²) in [4.78, 5) is 0. The van der Waals surface area contributed by atoms with Crippen molar-refractivity contribution in [1.29, 1.82) is 0 Å². The van der Waals surface area contributed by atoms with E-state index in [1.807, 2.05) is 6.07 Å². The number of ether oxygens (including phenoxy) is 1. The number of benzene rings is 2. The van der Waals surface area contributed by atoms with Crippen molar-refractivity contribution in [2.24, 2.45) is 0 Å². The average molecular weight is 290 g/mol. The van der Waals surface area contributed by atoms with Gasteiger partial charge in [0.1, 0.15) is 12.4 Å². The molecule has 0 heterocycles. The molecule has 0 saturated carbocycles. The maximum Gasteiger partial charge on any atom is 0.165 e. The number of hydrogen-bond acceptors (Lipinski definition) is 2. The number of aryl methyl sites for hydroxylation is 1. The molecule has 0 fully saturated rings. The molecular weight excluding hydrogens is 274 g/mol. The number of halogens is 2. The standard InChI is InChI=1S/C17H16F2O2/c18-15-5-1-4-12(17(15)19)10-21-13-8-7-11-3-2-6-16(20)14(11)9-13/h1,4-5,7-9,16,20H,2-3,6,10H2/t16-/m0/s1. The van der Waals surface area contributed by atoms with Crippen molar-refractivity contribution in [2.45, 2.75) is 32.0 Å². The predicted molar refractivity (Wildman–Crippen MR) is 75.0 cm³/mol. The largest absolute Gasteiger partial charge is 0.489 e. The predicted octanol–water partition coefficient (Wildman–Crippen LogP) is 3.91. The number of hydrogen-bond donors (Lipinski definition) is 1. The molecule has 2 aromatic rings. The van der Waals surface area contributed by atoms with Crippen LogP contribution in [0.3, 0.4) is 0 Å². The van der Waals surface area contributed by atoms with Gasteiger partial charge in [0.2, 0.25) is 0 Å². The summed E-state index contributed by atoms with van der Waals surface area (Å²) in [5.41, 5.74) is 2.17. The summed E-state index contributed by atoms with van der Waals surface area (Å²) >= 11 is 0. The van der Waals surface area contributed by atoms with Gasteiger partial charge in [-0.3, -0.25) is 0 Å². The summed E-state index contributed by atoms with van der Waals surface area (Å²) in [6, 6.07) is 9.53. The second-order valence-corrected chi connectivity index (χ2v) is 5.27. The molecule has 1 aliphatic carbocycles. The van der Waals surface area contributed by atoms with Crippen LogP contribution in [-0.4, -0.2) is 5.11 Å². The van der Waals surface area contributed by atoms with Crippen molar-refractivity contribution in [3.63, 3.8) is 0 Å². The molecule has 0 amide bonds. The Labute approximate surface area is 122 Å². The van der Waals surface area contributed by atoms with Crippen molar-refractivity contribution < 1.29 is 18.6 Å². The topological polar surface area (TPSA) is 29.5 Å². The van der Waals surface area contributed by atoms with E-state index in [1.165, 1.54) is 12.1 Å². The van der Waals surface area contributed by atoms with E-state index in [2.05, 4.69) is 0 Å². The lowest BCUT2D eigenvalue weighted by atomic mass is 9.89. The van der Waals surface area contributed by atoms with E-state index in [0.29, 0.717) is 5.75 Å².